The number of rotatable bonds is 5. The van der Waals surface area contributed by atoms with Crippen LogP contribution in [0.15, 0.2) is 90.5 Å². The fourth-order valence-electron chi connectivity index (χ4n) is 4.50. The van der Waals surface area contributed by atoms with E-state index in [4.69, 9.17) is 14.5 Å². The second kappa shape index (κ2) is 8.83. The first-order valence-electron chi connectivity index (χ1n) is 10.8. The van der Waals surface area contributed by atoms with Crippen molar-refractivity contribution in [2.45, 2.75) is 4.75 Å². The van der Waals surface area contributed by atoms with Crippen molar-refractivity contribution in [1.29, 1.82) is 0 Å². The monoisotopic (exact) mass is 470 g/mol. The summed E-state index contributed by atoms with van der Waals surface area (Å²) >= 11 is 1.42. The first-order valence-corrected chi connectivity index (χ1v) is 11.6. The van der Waals surface area contributed by atoms with Gasteiger partial charge in [0.15, 0.2) is 0 Å². The zero-order valence-electron chi connectivity index (χ0n) is 18.6. The van der Waals surface area contributed by atoms with E-state index in [0.717, 1.165) is 22.2 Å². The van der Waals surface area contributed by atoms with E-state index in [1.54, 1.807) is 0 Å². The predicted octanol–water partition coefficient (Wildman–Crippen LogP) is 4.93. The molecule has 0 amide bonds. The van der Waals surface area contributed by atoms with Crippen molar-refractivity contribution in [2.75, 3.05) is 14.2 Å². The second-order valence-electron chi connectivity index (χ2n) is 7.86. The molecule has 4 aromatic rings. The third kappa shape index (κ3) is 3.40. The minimum absolute atomic E-state index is 0.259. The summed E-state index contributed by atoms with van der Waals surface area (Å²) in [6.45, 7) is 0. The molecule has 7 heteroatoms. The molecule has 6 nitrogen and oxygen atoms in total. The van der Waals surface area contributed by atoms with E-state index in [2.05, 4.69) is 4.98 Å². The highest BCUT2D eigenvalue weighted by Crippen LogP contribution is 2.62. The molecule has 0 unspecified atom stereocenters. The van der Waals surface area contributed by atoms with Crippen LogP contribution < -0.4 is 0 Å². The van der Waals surface area contributed by atoms with Gasteiger partial charge in [-0.3, -0.25) is 4.79 Å². The van der Waals surface area contributed by atoms with Gasteiger partial charge in [0.1, 0.15) is 16.5 Å². The number of aromatic nitrogens is 2. The summed E-state index contributed by atoms with van der Waals surface area (Å²) in [5, 5.41) is 0. The Morgan fingerprint density at radius 3 is 2.18 bits per heavy atom. The van der Waals surface area contributed by atoms with Gasteiger partial charge in [0.25, 0.3) is 0 Å². The largest absolute Gasteiger partial charge is 0.468 e. The van der Waals surface area contributed by atoms with Gasteiger partial charge in [0.2, 0.25) is 0 Å². The van der Waals surface area contributed by atoms with Gasteiger partial charge in [-0.15, -0.1) is 11.8 Å². The molecule has 0 aliphatic carbocycles. The van der Waals surface area contributed by atoms with Gasteiger partial charge in [-0.05, 0) is 23.3 Å². The number of carbonyl (C=O) groups is 2. The average molecular weight is 471 g/mol. The Kier molecular flexibility index (Phi) is 5.71. The standard InChI is InChI=1S/C27H22N2O4S/c1-32-24(30)21-22(25(31)33-2)27(18-13-7-4-8-14-18,34-23(21)17-11-5-3-6-12-17)26-28-19-15-9-10-16-20(19)29-26/h3-16,22H,1-2H3,(H,28,29)/t22-,27-/m1/s1. The number of carbonyl (C=O) groups excluding carboxylic acids is 2. The third-order valence-electron chi connectivity index (χ3n) is 6.02. The summed E-state index contributed by atoms with van der Waals surface area (Å²) in [6.07, 6.45) is 0. The molecule has 2 heterocycles. The molecular weight excluding hydrogens is 448 g/mol. The van der Waals surface area contributed by atoms with Crippen LogP contribution in [0.25, 0.3) is 15.9 Å². The third-order valence-corrected chi connectivity index (χ3v) is 7.67. The van der Waals surface area contributed by atoms with Crippen molar-refractivity contribution >= 4 is 39.6 Å². The maximum absolute atomic E-state index is 13.5. The zero-order valence-corrected chi connectivity index (χ0v) is 19.5. The van der Waals surface area contributed by atoms with Gasteiger partial charge in [-0.2, -0.15) is 0 Å². The number of hydrogen-bond acceptors (Lipinski definition) is 6. The Bertz CT molecular complexity index is 1360. The molecule has 1 aromatic heterocycles. The van der Waals surface area contributed by atoms with Crippen molar-refractivity contribution in [3.05, 3.63) is 107 Å². The second-order valence-corrected chi connectivity index (χ2v) is 9.12. The van der Waals surface area contributed by atoms with Crippen molar-refractivity contribution in [3.8, 4) is 0 Å². The molecule has 1 aliphatic heterocycles. The number of thioether (sulfide) groups is 1. The maximum atomic E-state index is 13.5. The number of para-hydroxylation sites is 2. The van der Waals surface area contributed by atoms with Gasteiger partial charge >= 0.3 is 11.9 Å². The Hall–Kier alpha value is -3.84. The minimum atomic E-state index is -1.08. The van der Waals surface area contributed by atoms with E-state index in [9.17, 15) is 9.59 Å². The molecule has 0 saturated carbocycles. The maximum Gasteiger partial charge on any atom is 0.335 e. The summed E-state index contributed by atoms with van der Waals surface area (Å²) in [5.41, 5.74) is 3.50. The number of nitrogens with one attached hydrogen (secondary N) is 1. The number of ether oxygens (including phenoxy) is 2. The van der Waals surface area contributed by atoms with Crippen LogP contribution in [-0.4, -0.2) is 36.1 Å². The van der Waals surface area contributed by atoms with Crippen LogP contribution >= 0.6 is 11.8 Å². The lowest BCUT2D eigenvalue weighted by molar-refractivity contribution is -0.148. The molecular formula is C27H22N2O4S. The van der Waals surface area contributed by atoms with E-state index in [1.165, 1.54) is 26.0 Å². The summed E-state index contributed by atoms with van der Waals surface area (Å²) in [4.78, 5) is 35.7. The quantitative estimate of drug-likeness (QED) is 0.417. The zero-order chi connectivity index (χ0) is 23.7. The smallest absolute Gasteiger partial charge is 0.335 e. The number of nitrogens with zero attached hydrogens (tertiary/aromatic N) is 1. The average Bonchev–Trinajstić information content (AvgIpc) is 3.49. The first kappa shape index (κ1) is 22.0. The molecule has 170 valence electrons. The SMILES string of the molecule is COC(=O)C1=C(c2ccccc2)S[C@@](c2ccccc2)(c2nc3ccccc3[nH]2)[C@H]1C(=O)OC. The molecule has 3 aromatic carbocycles. The Morgan fingerprint density at radius 2 is 1.53 bits per heavy atom. The minimum Gasteiger partial charge on any atom is -0.468 e. The fraction of sp³-hybridized carbons (Fsp3) is 0.148. The van der Waals surface area contributed by atoms with Crippen molar-refractivity contribution in [1.82, 2.24) is 9.97 Å². The molecule has 34 heavy (non-hydrogen) atoms. The molecule has 1 N–H and O–H groups in total. The summed E-state index contributed by atoms with van der Waals surface area (Å²) in [7, 11) is 2.65. The van der Waals surface area contributed by atoms with Crippen molar-refractivity contribution in [3.63, 3.8) is 0 Å². The van der Waals surface area contributed by atoms with Gasteiger partial charge in [-0.25, -0.2) is 9.78 Å². The number of fused-ring (bicyclic) bond motifs is 1. The van der Waals surface area contributed by atoms with Crippen LogP contribution in [0.1, 0.15) is 17.0 Å². The van der Waals surface area contributed by atoms with Crippen LogP contribution in [0.3, 0.4) is 0 Å². The highest BCUT2D eigenvalue weighted by molar-refractivity contribution is 8.09. The Labute approximate surface area is 201 Å². The molecule has 0 fully saturated rings. The normalized spacial score (nSPS) is 19.9. The molecule has 0 saturated heterocycles. The van der Waals surface area contributed by atoms with Crippen LogP contribution in [0.4, 0.5) is 0 Å². The summed E-state index contributed by atoms with van der Waals surface area (Å²) < 4.78 is 9.38. The summed E-state index contributed by atoms with van der Waals surface area (Å²) in [6, 6.07) is 26.8. The van der Waals surface area contributed by atoms with Gasteiger partial charge in [0.05, 0.1) is 30.8 Å². The number of esters is 2. The lowest BCUT2D eigenvalue weighted by atomic mass is 9.79. The van der Waals surface area contributed by atoms with E-state index in [1.807, 2.05) is 84.9 Å². The lowest BCUT2D eigenvalue weighted by Gasteiger charge is -2.33. The van der Waals surface area contributed by atoms with E-state index < -0.39 is 22.6 Å². The molecule has 2 atom stereocenters. The Balaban J connectivity index is 1.85. The fourth-order valence-corrected chi connectivity index (χ4v) is 6.16. The first-order chi connectivity index (χ1) is 16.6. The highest BCUT2D eigenvalue weighted by atomic mass is 32.2. The van der Waals surface area contributed by atoms with Crippen LogP contribution in [0.2, 0.25) is 0 Å². The van der Waals surface area contributed by atoms with Crippen molar-refractivity contribution < 1.29 is 19.1 Å². The number of hydrogen-bond donors (Lipinski definition) is 1. The number of H-pyrrole nitrogens is 1. The van der Waals surface area contributed by atoms with E-state index >= 15 is 0 Å². The van der Waals surface area contributed by atoms with Crippen LogP contribution in [-0.2, 0) is 23.8 Å². The molecule has 1 aliphatic rings. The number of aromatic amines is 1. The number of imidazole rings is 1. The Morgan fingerprint density at radius 1 is 0.882 bits per heavy atom. The molecule has 0 bridgehead atoms. The van der Waals surface area contributed by atoms with Crippen molar-refractivity contribution in [2.24, 2.45) is 5.92 Å². The topological polar surface area (TPSA) is 81.3 Å². The number of methoxy groups -OCH3 is 2. The lowest BCUT2D eigenvalue weighted by Crippen LogP contribution is -2.39. The van der Waals surface area contributed by atoms with Gasteiger partial charge in [0, 0.05) is 4.91 Å². The van der Waals surface area contributed by atoms with E-state index in [-0.39, 0.29) is 5.57 Å². The highest BCUT2D eigenvalue weighted by Gasteiger charge is 2.59. The molecule has 0 spiro atoms. The molecule has 0 radical (unpaired) electrons. The van der Waals surface area contributed by atoms with Gasteiger partial charge < -0.3 is 14.5 Å². The van der Waals surface area contributed by atoms with Crippen LogP contribution in [0, 0.1) is 5.92 Å². The van der Waals surface area contributed by atoms with Crippen LogP contribution in [0.5, 0.6) is 0 Å². The number of benzene rings is 3. The molecule has 5 rings (SSSR count). The predicted molar refractivity (Wildman–Crippen MR) is 132 cm³/mol. The van der Waals surface area contributed by atoms with Gasteiger partial charge in [-0.1, -0.05) is 72.8 Å². The van der Waals surface area contributed by atoms with E-state index in [0.29, 0.717) is 10.7 Å². The summed E-state index contributed by atoms with van der Waals surface area (Å²) in [5.74, 6) is -1.54.